The summed E-state index contributed by atoms with van der Waals surface area (Å²) in [5, 5.41) is 10.2. The molecule has 0 aliphatic heterocycles. The van der Waals surface area contributed by atoms with E-state index in [1.54, 1.807) is 17.7 Å². The van der Waals surface area contributed by atoms with Crippen molar-refractivity contribution in [2.45, 2.75) is 19.9 Å². The highest BCUT2D eigenvalue weighted by Gasteiger charge is 2.10. The van der Waals surface area contributed by atoms with Crippen LogP contribution < -0.4 is 0 Å². The first-order valence-corrected chi connectivity index (χ1v) is 6.40. The van der Waals surface area contributed by atoms with Crippen LogP contribution in [0, 0.1) is 3.57 Å². The summed E-state index contributed by atoms with van der Waals surface area (Å²) in [6.45, 7) is 3.14. The SMILES string of the molecule is CCCn1cnnc1-c1sccc1I. The van der Waals surface area contributed by atoms with E-state index in [2.05, 4.69) is 55.7 Å². The maximum Gasteiger partial charge on any atom is 0.174 e. The van der Waals surface area contributed by atoms with Gasteiger partial charge in [-0.1, -0.05) is 6.92 Å². The molecule has 0 unspecified atom stereocenters. The monoisotopic (exact) mass is 319 g/mol. The second kappa shape index (κ2) is 4.39. The van der Waals surface area contributed by atoms with Crippen LogP contribution in [0.25, 0.3) is 10.7 Å². The molecule has 0 aliphatic rings. The maximum atomic E-state index is 4.16. The summed E-state index contributed by atoms with van der Waals surface area (Å²) in [6, 6.07) is 2.10. The van der Waals surface area contributed by atoms with Crippen molar-refractivity contribution in [2.75, 3.05) is 0 Å². The fraction of sp³-hybridized carbons (Fsp3) is 0.333. The second-order valence-electron chi connectivity index (χ2n) is 2.95. The Morgan fingerprint density at radius 2 is 2.43 bits per heavy atom. The van der Waals surface area contributed by atoms with E-state index in [1.807, 2.05) is 0 Å². The predicted molar refractivity (Wildman–Crippen MR) is 66.3 cm³/mol. The maximum absolute atomic E-state index is 4.16. The van der Waals surface area contributed by atoms with Crippen LogP contribution >= 0.6 is 33.9 Å². The van der Waals surface area contributed by atoms with Crippen molar-refractivity contribution in [3.8, 4) is 10.7 Å². The van der Waals surface area contributed by atoms with Crippen LogP contribution in [0.4, 0.5) is 0 Å². The smallest absolute Gasteiger partial charge is 0.174 e. The zero-order valence-corrected chi connectivity index (χ0v) is 10.7. The Kier molecular flexibility index (Phi) is 3.17. The van der Waals surface area contributed by atoms with E-state index in [-0.39, 0.29) is 0 Å². The van der Waals surface area contributed by atoms with Crippen LogP contribution in [-0.2, 0) is 6.54 Å². The van der Waals surface area contributed by atoms with E-state index in [0.717, 1.165) is 18.8 Å². The Balaban J connectivity index is 2.41. The third kappa shape index (κ3) is 1.83. The number of nitrogens with zero attached hydrogens (tertiary/aromatic N) is 3. The van der Waals surface area contributed by atoms with E-state index in [0.29, 0.717) is 0 Å². The lowest BCUT2D eigenvalue weighted by Gasteiger charge is -2.02. The van der Waals surface area contributed by atoms with Crippen molar-refractivity contribution in [1.82, 2.24) is 14.8 Å². The zero-order valence-electron chi connectivity index (χ0n) is 7.77. The minimum absolute atomic E-state index is 0.982. The third-order valence-electron chi connectivity index (χ3n) is 1.90. The number of aryl methyl sites for hydroxylation is 1. The molecule has 0 saturated carbocycles. The van der Waals surface area contributed by atoms with Gasteiger partial charge in [-0.15, -0.1) is 21.5 Å². The minimum atomic E-state index is 0.982. The molecule has 0 N–H and O–H groups in total. The molecular weight excluding hydrogens is 309 g/mol. The van der Waals surface area contributed by atoms with Gasteiger partial charge in [0.15, 0.2) is 5.82 Å². The summed E-state index contributed by atoms with van der Waals surface area (Å²) in [4.78, 5) is 1.22. The molecule has 3 nitrogen and oxygen atoms in total. The van der Waals surface area contributed by atoms with Gasteiger partial charge in [0.25, 0.3) is 0 Å². The number of rotatable bonds is 3. The normalized spacial score (nSPS) is 10.7. The first-order chi connectivity index (χ1) is 6.83. The number of halogens is 1. The Morgan fingerprint density at radius 3 is 3.07 bits per heavy atom. The van der Waals surface area contributed by atoms with E-state index < -0.39 is 0 Å². The molecule has 2 rings (SSSR count). The van der Waals surface area contributed by atoms with Gasteiger partial charge in [0.2, 0.25) is 0 Å². The lowest BCUT2D eigenvalue weighted by atomic mass is 10.4. The molecular formula is C9H10IN3S. The molecule has 14 heavy (non-hydrogen) atoms. The van der Waals surface area contributed by atoms with Gasteiger partial charge in [-0.2, -0.15) is 0 Å². The molecule has 0 atom stereocenters. The molecule has 74 valence electrons. The van der Waals surface area contributed by atoms with Gasteiger partial charge in [-0.3, -0.25) is 0 Å². The van der Waals surface area contributed by atoms with Gasteiger partial charge < -0.3 is 4.57 Å². The lowest BCUT2D eigenvalue weighted by Crippen LogP contribution is -1.97. The number of hydrogen-bond acceptors (Lipinski definition) is 3. The van der Waals surface area contributed by atoms with Gasteiger partial charge in [0.1, 0.15) is 6.33 Å². The fourth-order valence-corrected chi connectivity index (χ4v) is 3.12. The molecule has 0 aromatic carbocycles. The van der Waals surface area contributed by atoms with Crippen molar-refractivity contribution < 1.29 is 0 Å². The standard InChI is InChI=1S/C9H10IN3S/c1-2-4-13-6-11-12-9(13)8-7(10)3-5-14-8/h3,5-6H,2,4H2,1H3. The quantitative estimate of drug-likeness (QED) is 0.814. The van der Waals surface area contributed by atoms with E-state index in [9.17, 15) is 0 Å². The van der Waals surface area contributed by atoms with Gasteiger partial charge in [-0.25, -0.2) is 0 Å². The molecule has 0 bridgehead atoms. The summed E-state index contributed by atoms with van der Waals surface area (Å²) in [5.74, 6) is 0.992. The van der Waals surface area contributed by atoms with E-state index >= 15 is 0 Å². The van der Waals surface area contributed by atoms with Crippen molar-refractivity contribution in [2.24, 2.45) is 0 Å². The average Bonchev–Trinajstić information content (AvgIpc) is 2.74. The van der Waals surface area contributed by atoms with Crippen molar-refractivity contribution in [3.63, 3.8) is 0 Å². The number of thiophene rings is 1. The molecule has 0 saturated heterocycles. The van der Waals surface area contributed by atoms with E-state index in [1.165, 1.54) is 8.45 Å². The molecule has 5 heteroatoms. The highest BCUT2D eigenvalue weighted by atomic mass is 127. The highest BCUT2D eigenvalue weighted by molar-refractivity contribution is 14.1. The average molecular weight is 319 g/mol. The van der Waals surface area contributed by atoms with Gasteiger partial charge in [-0.05, 0) is 40.5 Å². The number of aromatic nitrogens is 3. The van der Waals surface area contributed by atoms with Crippen molar-refractivity contribution in [1.29, 1.82) is 0 Å². The van der Waals surface area contributed by atoms with Crippen LogP contribution in [0.1, 0.15) is 13.3 Å². The van der Waals surface area contributed by atoms with Crippen LogP contribution in [0.2, 0.25) is 0 Å². The van der Waals surface area contributed by atoms with Crippen molar-refractivity contribution in [3.05, 3.63) is 21.3 Å². The molecule has 0 spiro atoms. The summed E-state index contributed by atoms with van der Waals surface area (Å²) in [6.07, 6.45) is 2.90. The molecule has 2 aromatic rings. The molecule has 2 heterocycles. The largest absolute Gasteiger partial charge is 0.313 e. The van der Waals surface area contributed by atoms with E-state index in [4.69, 9.17) is 0 Å². The summed E-state index contributed by atoms with van der Waals surface area (Å²) in [5.41, 5.74) is 0. The molecule has 0 amide bonds. The highest BCUT2D eigenvalue weighted by Crippen LogP contribution is 2.28. The Labute approximate surface area is 100 Å². The van der Waals surface area contributed by atoms with Gasteiger partial charge in [0, 0.05) is 10.1 Å². The Bertz CT molecular complexity index is 421. The molecule has 0 radical (unpaired) electrons. The van der Waals surface area contributed by atoms with Gasteiger partial charge >= 0.3 is 0 Å². The molecule has 0 aliphatic carbocycles. The van der Waals surface area contributed by atoms with Crippen LogP contribution in [0.5, 0.6) is 0 Å². The van der Waals surface area contributed by atoms with Gasteiger partial charge in [0.05, 0.1) is 4.88 Å². The Morgan fingerprint density at radius 1 is 1.57 bits per heavy atom. The van der Waals surface area contributed by atoms with Crippen LogP contribution in [-0.4, -0.2) is 14.8 Å². The first kappa shape index (κ1) is 10.1. The second-order valence-corrected chi connectivity index (χ2v) is 5.02. The van der Waals surface area contributed by atoms with Crippen molar-refractivity contribution >= 4 is 33.9 Å². The molecule has 0 fully saturated rings. The number of hydrogen-bond donors (Lipinski definition) is 0. The zero-order chi connectivity index (χ0) is 9.97. The van der Waals surface area contributed by atoms with Crippen LogP contribution in [0.15, 0.2) is 17.8 Å². The Hall–Kier alpha value is -0.430. The summed E-state index contributed by atoms with van der Waals surface area (Å²) < 4.78 is 3.35. The minimum Gasteiger partial charge on any atom is -0.313 e. The molecule has 2 aromatic heterocycles. The lowest BCUT2D eigenvalue weighted by molar-refractivity contribution is 0.683. The van der Waals surface area contributed by atoms with Crippen LogP contribution in [0.3, 0.4) is 0 Å². The predicted octanol–water partition coefficient (Wildman–Crippen LogP) is 3.02. The topological polar surface area (TPSA) is 30.7 Å². The summed E-state index contributed by atoms with van der Waals surface area (Å²) in [7, 11) is 0. The first-order valence-electron chi connectivity index (χ1n) is 4.44. The summed E-state index contributed by atoms with van der Waals surface area (Å²) >= 11 is 4.05. The third-order valence-corrected chi connectivity index (χ3v) is 4.08. The fourth-order valence-electron chi connectivity index (χ4n) is 1.29.